The topological polar surface area (TPSA) is 81.2 Å². The summed E-state index contributed by atoms with van der Waals surface area (Å²) in [5.74, 6) is -0.736. The summed E-state index contributed by atoms with van der Waals surface area (Å²) in [4.78, 5) is 26.9. The van der Waals surface area contributed by atoms with Gasteiger partial charge in [-0.2, -0.15) is 5.10 Å². The van der Waals surface area contributed by atoms with E-state index in [2.05, 4.69) is 5.10 Å². The first-order valence-corrected chi connectivity index (χ1v) is 10.8. The van der Waals surface area contributed by atoms with Crippen LogP contribution in [0.15, 0.2) is 36.4 Å². The lowest BCUT2D eigenvalue weighted by atomic mass is 10.0. The standard InChI is InChI=1S/C21H16Cl4N4O2/c22-13-7-12(8-14(23)9-13)20-19(21(26)31)17-10-28(3-4-29(17)27-20)18(30)6-11-1-2-15(24)16(25)5-11/h1-2,5,7-9H,3-4,6,10H2,(H2,26,31). The highest BCUT2D eigenvalue weighted by Gasteiger charge is 2.29. The monoisotopic (exact) mass is 496 g/mol. The van der Waals surface area contributed by atoms with Gasteiger partial charge < -0.3 is 10.6 Å². The molecule has 160 valence electrons. The van der Waals surface area contributed by atoms with E-state index in [0.717, 1.165) is 5.56 Å². The maximum absolute atomic E-state index is 12.9. The highest BCUT2D eigenvalue weighted by Crippen LogP contribution is 2.32. The molecule has 4 rings (SSSR count). The van der Waals surface area contributed by atoms with Gasteiger partial charge in [-0.1, -0.05) is 52.5 Å². The third-order valence-corrected chi connectivity index (χ3v) is 6.23. The SMILES string of the molecule is NC(=O)c1c(-c2cc(Cl)cc(Cl)c2)nn2c1CN(C(=O)Cc1ccc(Cl)c(Cl)c1)CC2. The van der Waals surface area contributed by atoms with Crippen LogP contribution in [0.5, 0.6) is 0 Å². The molecule has 2 amide bonds. The maximum atomic E-state index is 12.9. The average molecular weight is 498 g/mol. The molecule has 0 aliphatic carbocycles. The lowest BCUT2D eigenvalue weighted by Gasteiger charge is -2.28. The van der Waals surface area contributed by atoms with Gasteiger partial charge in [0.25, 0.3) is 5.91 Å². The fourth-order valence-electron chi connectivity index (χ4n) is 3.62. The summed E-state index contributed by atoms with van der Waals surface area (Å²) >= 11 is 24.2. The Labute approximate surface area is 198 Å². The van der Waals surface area contributed by atoms with Gasteiger partial charge in [-0.05, 0) is 35.9 Å². The van der Waals surface area contributed by atoms with E-state index >= 15 is 0 Å². The van der Waals surface area contributed by atoms with Crippen molar-refractivity contribution in [1.29, 1.82) is 0 Å². The van der Waals surface area contributed by atoms with E-state index in [-0.39, 0.29) is 24.4 Å². The van der Waals surface area contributed by atoms with Crippen molar-refractivity contribution in [1.82, 2.24) is 14.7 Å². The molecule has 31 heavy (non-hydrogen) atoms. The van der Waals surface area contributed by atoms with E-state index in [1.54, 1.807) is 46.0 Å². The first-order chi connectivity index (χ1) is 14.7. The van der Waals surface area contributed by atoms with Crippen LogP contribution in [0.2, 0.25) is 20.1 Å². The van der Waals surface area contributed by atoms with E-state index in [4.69, 9.17) is 52.1 Å². The number of halogens is 4. The molecular weight excluding hydrogens is 482 g/mol. The van der Waals surface area contributed by atoms with Crippen LogP contribution in [0.25, 0.3) is 11.3 Å². The normalized spacial score (nSPS) is 13.2. The summed E-state index contributed by atoms with van der Waals surface area (Å²) in [6, 6.07) is 10.0. The van der Waals surface area contributed by atoms with Crippen LogP contribution in [-0.4, -0.2) is 33.0 Å². The van der Waals surface area contributed by atoms with Crippen molar-refractivity contribution in [3.8, 4) is 11.3 Å². The molecule has 2 heterocycles. The van der Waals surface area contributed by atoms with Gasteiger partial charge in [0, 0.05) is 22.2 Å². The second-order valence-electron chi connectivity index (χ2n) is 7.16. The van der Waals surface area contributed by atoms with Crippen molar-refractivity contribution in [2.24, 2.45) is 5.73 Å². The largest absolute Gasteiger partial charge is 0.365 e. The Hall–Kier alpha value is -2.25. The van der Waals surface area contributed by atoms with Crippen molar-refractivity contribution < 1.29 is 9.59 Å². The van der Waals surface area contributed by atoms with Crippen LogP contribution in [0.4, 0.5) is 0 Å². The molecule has 0 unspecified atom stereocenters. The van der Waals surface area contributed by atoms with E-state index in [9.17, 15) is 9.59 Å². The number of fused-ring (bicyclic) bond motifs is 1. The Bertz CT molecular complexity index is 1190. The number of hydrogen-bond donors (Lipinski definition) is 1. The third kappa shape index (κ3) is 4.53. The van der Waals surface area contributed by atoms with Crippen LogP contribution in [0.1, 0.15) is 21.6 Å². The molecule has 1 aliphatic heterocycles. The number of benzene rings is 2. The predicted octanol–water partition coefficient (Wildman–Crippen LogP) is 4.85. The van der Waals surface area contributed by atoms with Gasteiger partial charge in [-0.3, -0.25) is 14.3 Å². The fourth-order valence-corrected chi connectivity index (χ4v) is 4.46. The molecule has 0 bridgehead atoms. The second kappa shape index (κ2) is 8.71. The zero-order valence-corrected chi connectivity index (χ0v) is 19.1. The van der Waals surface area contributed by atoms with Gasteiger partial charge in [0.1, 0.15) is 5.69 Å². The number of carbonyl (C=O) groups excluding carboxylic acids is 2. The summed E-state index contributed by atoms with van der Waals surface area (Å²) in [7, 11) is 0. The van der Waals surface area contributed by atoms with E-state index in [0.29, 0.717) is 50.1 Å². The van der Waals surface area contributed by atoms with Crippen LogP contribution in [-0.2, 0) is 24.3 Å². The molecule has 6 nitrogen and oxygen atoms in total. The quantitative estimate of drug-likeness (QED) is 0.559. The van der Waals surface area contributed by atoms with E-state index in [1.807, 2.05) is 0 Å². The Morgan fingerprint density at radius 3 is 2.32 bits per heavy atom. The van der Waals surface area contributed by atoms with Crippen LogP contribution in [0, 0.1) is 0 Å². The minimum Gasteiger partial charge on any atom is -0.365 e. The third-order valence-electron chi connectivity index (χ3n) is 5.05. The Kier molecular flexibility index (Phi) is 6.17. The number of rotatable bonds is 4. The van der Waals surface area contributed by atoms with E-state index < -0.39 is 5.91 Å². The van der Waals surface area contributed by atoms with Crippen LogP contribution >= 0.6 is 46.4 Å². The molecule has 0 fully saturated rings. The fraction of sp³-hybridized carbons (Fsp3) is 0.190. The molecule has 0 radical (unpaired) electrons. The first kappa shape index (κ1) is 22.0. The number of nitrogens with zero attached hydrogens (tertiary/aromatic N) is 3. The van der Waals surface area contributed by atoms with Crippen molar-refractivity contribution in [3.05, 3.63) is 73.3 Å². The summed E-state index contributed by atoms with van der Waals surface area (Å²) in [5, 5.41) is 6.21. The number of carbonyl (C=O) groups is 2. The Balaban J connectivity index is 1.64. The van der Waals surface area contributed by atoms with E-state index in [1.165, 1.54) is 0 Å². The molecule has 1 aromatic heterocycles. The van der Waals surface area contributed by atoms with Crippen LogP contribution in [0.3, 0.4) is 0 Å². The van der Waals surface area contributed by atoms with Crippen molar-refractivity contribution in [2.75, 3.05) is 6.54 Å². The highest BCUT2D eigenvalue weighted by molar-refractivity contribution is 6.42. The molecule has 3 aromatic rings. The molecule has 0 spiro atoms. The molecule has 10 heteroatoms. The van der Waals surface area contributed by atoms with Gasteiger partial charge in [-0.25, -0.2) is 0 Å². The van der Waals surface area contributed by atoms with Crippen molar-refractivity contribution >= 4 is 58.2 Å². The first-order valence-electron chi connectivity index (χ1n) is 9.30. The molecule has 1 aliphatic rings. The van der Waals surface area contributed by atoms with Gasteiger partial charge in [0.15, 0.2) is 0 Å². The van der Waals surface area contributed by atoms with Crippen molar-refractivity contribution in [2.45, 2.75) is 19.5 Å². The molecule has 2 aromatic carbocycles. The minimum absolute atomic E-state index is 0.103. The summed E-state index contributed by atoms with van der Waals surface area (Å²) in [5.41, 5.74) is 8.25. The van der Waals surface area contributed by atoms with Gasteiger partial charge in [0.05, 0.1) is 40.8 Å². The summed E-state index contributed by atoms with van der Waals surface area (Å²) in [6.07, 6.45) is 0.160. The predicted molar refractivity (Wildman–Crippen MR) is 122 cm³/mol. The highest BCUT2D eigenvalue weighted by atomic mass is 35.5. The van der Waals surface area contributed by atoms with Crippen LogP contribution < -0.4 is 5.73 Å². The van der Waals surface area contributed by atoms with Gasteiger partial charge in [-0.15, -0.1) is 0 Å². The molecule has 0 saturated carbocycles. The molecule has 0 atom stereocenters. The number of nitrogens with two attached hydrogens (primary N) is 1. The maximum Gasteiger partial charge on any atom is 0.252 e. The van der Waals surface area contributed by atoms with Gasteiger partial charge >= 0.3 is 0 Å². The summed E-state index contributed by atoms with van der Waals surface area (Å²) in [6.45, 7) is 1.08. The van der Waals surface area contributed by atoms with Crippen molar-refractivity contribution in [3.63, 3.8) is 0 Å². The number of amides is 2. The second-order valence-corrected chi connectivity index (χ2v) is 8.84. The molecule has 0 saturated heterocycles. The lowest BCUT2D eigenvalue weighted by molar-refractivity contribution is -0.132. The zero-order valence-electron chi connectivity index (χ0n) is 16.0. The Morgan fingerprint density at radius 2 is 1.68 bits per heavy atom. The molecular formula is C21H16Cl4N4O2. The average Bonchev–Trinajstić information content (AvgIpc) is 3.09. The number of primary amides is 1. The Morgan fingerprint density at radius 1 is 0.968 bits per heavy atom. The summed E-state index contributed by atoms with van der Waals surface area (Å²) < 4.78 is 1.70. The molecule has 2 N–H and O–H groups in total. The lowest BCUT2D eigenvalue weighted by Crippen LogP contribution is -2.40. The minimum atomic E-state index is -0.633. The number of aromatic nitrogens is 2. The zero-order chi connectivity index (χ0) is 22.3. The number of hydrogen-bond acceptors (Lipinski definition) is 3. The smallest absolute Gasteiger partial charge is 0.252 e. The van der Waals surface area contributed by atoms with Gasteiger partial charge in [0.2, 0.25) is 5.91 Å².